The largest absolute Gasteiger partial charge is 0.356 e. The number of non-ortho nitro benzene ring substituents is 1. The van der Waals surface area contributed by atoms with Gasteiger partial charge in [-0.05, 0) is 38.7 Å². The normalized spacial score (nSPS) is 11.5. The SMILES string of the molecule is CN=C(NCCCCc1ccc([N+](=O)[O-])cc1)NC(C)C. The lowest BCUT2D eigenvalue weighted by atomic mass is 10.1. The average Bonchev–Trinajstić information content (AvgIpc) is 2.45. The molecule has 0 spiro atoms. The molecule has 0 bridgehead atoms. The number of rotatable bonds is 7. The molecule has 116 valence electrons. The number of hydrogen-bond donors (Lipinski definition) is 2. The predicted molar refractivity (Wildman–Crippen MR) is 85.7 cm³/mol. The Balaban J connectivity index is 2.23. The van der Waals surface area contributed by atoms with E-state index in [9.17, 15) is 10.1 Å². The fraction of sp³-hybridized carbons (Fsp3) is 0.533. The summed E-state index contributed by atoms with van der Waals surface area (Å²) in [6.07, 6.45) is 2.98. The number of nitro benzene ring substituents is 1. The Bertz CT molecular complexity index is 469. The molecule has 0 aromatic heterocycles. The van der Waals surface area contributed by atoms with E-state index in [0.717, 1.165) is 37.3 Å². The van der Waals surface area contributed by atoms with Crippen LogP contribution in [0.1, 0.15) is 32.3 Å². The van der Waals surface area contributed by atoms with E-state index in [4.69, 9.17) is 0 Å². The number of aryl methyl sites for hydroxylation is 1. The van der Waals surface area contributed by atoms with E-state index < -0.39 is 0 Å². The summed E-state index contributed by atoms with van der Waals surface area (Å²) >= 11 is 0. The maximum atomic E-state index is 10.6. The topological polar surface area (TPSA) is 79.6 Å². The maximum absolute atomic E-state index is 10.6. The smallest absolute Gasteiger partial charge is 0.269 e. The Morgan fingerprint density at radius 1 is 1.29 bits per heavy atom. The molecule has 0 unspecified atom stereocenters. The van der Waals surface area contributed by atoms with E-state index in [1.807, 2.05) is 12.1 Å². The van der Waals surface area contributed by atoms with Crippen LogP contribution in [0.3, 0.4) is 0 Å². The molecule has 1 aromatic rings. The lowest BCUT2D eigenvalue weighted by Gasteiger charge is -2.14. The molecule has 21 heavy (non-hydrogen) atoms. The van der Waals surface area contributed by atoms with Crippen molar-refractivity contribution in [1.29, 1.82) is 0 Å². The Hall–Kier alpha value is -2.11. The van der Waals surface area contributed by atoms with Gasteiger partial charge < -0.3 is 10.6 Å². The molecule has 0 fully saturated rings. The molecule has 6 heteroatoms. The van der Waals surface area contributed by atoms with E-state index in [1.54, 1.807) is 19.2 Å². The van der Waals surface area contributed by atoms with Gasteiger partial charge in [-0.15, -0.1) is 0 Å². The van der Waals surface area contributed by atoms with E-state index in [1.165, 1.54) is 0 Å². The van der Waals surface area contributed by atoms with Gasteiger partial charge in [0.1, 0.15) is 0 Å². The minimum Gasteiger partial charge on any atom is -0.356 e. The van der Waals surface area contributed by atoms with Gasteiger partial charge in [-0.2, -0.15) is 0 Å². The zero-order valence-corrected chi connectivity index (χ0v) is 12.9. The summed E-state index contributed by atoms with van der Waals surface area (Å²) in [7, 11) is 1.76. The second-order valence-corrected chi connectivity index (χ2v) is 5.18. The van der Waals surface area contributed by atoms with Crippen LogP contribution >= 0.6 is 0 Å². The molecular formula is C15H24N4O2. The van der Waals surface area contributed by atoms with Crippen molar-refractivity contribution in [1.82, 2.24) is 10.6 Å². The second kappa shape index (κ2) is 8.94. The van der Waals surface area contributed by atoms with Gasteiger partial charge in [0.2, 0.25) is 0 Å². The van der Waals surface area contributed by atoms with Gasteiger partial charge in [-0.25, -0.2) is 0 Å². The molecule has 0 aliphatic rings. The van der Waals surface area contributed by atoms with Gasteiger partial charge >= 0.3 is 0 Å². The van der Waals surface area contributed by atoms with E-state index in [0.29, 0.717) is 6.04 Å². The Kier molecular flexibility index (Phi) is 7.21. The van der Waals surface area contributed by atoms with Crippen molar-refractivity contribution in [3.63, 3.8) is 0 Å². The highest BCUT2D eigenvalue weighted by molar-refractivity contribution is 5.79. The van der Waals surface area contributed by atoms with E-state index >= 15 is 0 Å². The molecule has 0 saturated carbocycles. The number of aliphatic imine (C=N–C) groups is 1. The molecule has 6 nitrogen and oxygen atoms in total. The summed E-state index contributed by atoms with van der Waals surface area (Å²) in [6.45, 7) is 5.00. The number of nitro groups is 1. The molecule has 2 N–H and O–H groups in total. The van der Waals surface area contributed by atoms with Gasteiger partial charge in [-0.3, -0.25) is 15.1 Å². The summed E-state index contributed by atoms with van der Waals surface area (Å²) in [5.74, 6) is 0.820. The summed E-state index contributed by atoms with van der Waals surface area (Å²) in [5, 5.41) is 17.1. The van der Waals surface area contributed by atoms with Crippen molar-refractivity contribution in [2.45, 2.75) is 39.2 Å². The van der Waals surface area contributed by atoms with Gasteiger partial charge in [0.05, 0.1) is 4.92 Å². The van der Waals surface area contributed by atoms with Crippen LogP contribution in [0, 0.1) is 10.1 Å². The van der Waals surface area contributed by atoms with Gasteiger partial charge in [0.15, 0.2) is 5.96 Å². The monoisotopic (exact) mass is 292 g/mol. The third-order valence-electron chi connectivity index (χ3n) is 2.98. The standard InChI is InChI=1S/C15H24N4O2/c1-12(2)18-15(16-3)17-11-5-4-6-13-7-9-14(10-8-13)19(20)21/h7-10,12H,4-6,11H2,1-3H3,(H2,16,17,18). The first kappa shape index (κ1) is 16.9. The Labute approximate surface area is 125 Å². The summed E-state index contributed by atoms with van der Waals surface area (Å²) < 4.78 is 0. The first-order chi connectivity index (χ1) is 10.0. The molecule has 0 aliphatic carbocycles. The van der Waals surface area contributed by atoms with Crippen molar-refractivity contribution in [3.05, 3.63) is 39.9 Å². The van der Waals surface area contributed by atoms with Crippen LogP contribution in [0.15, 0.2) is 29.3 Å². The number of nitrogens with one attached hydrogen (secondary N) is 2. The zero-order valence-electron chi connectivity index (χ0n) is 12.9. The minimum absolute atomic E-state index is 0.143. The van der Waals surface area contributed by atoms with Gasteiger partial charge in [0.25, 0.3) is 5.69 Å². The molecule has 1 rings (SSSR count). The van der Waals surface area contributed by atoms with Crippen molar-refractivity contribution in [2.75, 3.05) is 13.6 Å². The number of hydrogen-bond acceptors (Lipinski definition) is 3. The first-order valence-electron chi connectivity index (χ1n) is 7.23. The summed E-state index contributed by atoms with van der Waals surface area (Å²) in [4.78, 5) is 14.3. The highest BCUT2D eigenvalue weighted by Gasteiger charge is 2.04. The van der Waals surface area contributed by atoms with Crippen LogP contribution < -0.4 is 10.6 Å². The van der Waals surface area contributed by atoms with Crippen molar-refractivity contribution >= 4 is 11.6 Å². The number of benzene rings is 1. The molecule has 0 aliphatic heterocycles. The predicted octanol–water partition coefficient (Wildman–Crippen LogP) is 2.49. The van der Waals surface area contributed by atoms with E-state index in [-0.39, 0.29) is 10.6 Å². The lowest BCUT2D eigenvalue weighted by molar-refractivity contribution is -0.384. The molecular weight excluding hydrogens is 268 g/mol. The molecule has 0 saturated heterocycles. The minimum atomic E-state index is -0.374. The Morgan fingerprint density at radius 3 is 2.48 bits per heavy atom. The third-order valence-corrected chi connectivity index (χ3v) is 2.98. The molecule has 0 radical (unpaired) electrons. The van der Waals surface area contributed by atoms with Crippen LogP contribution in [-0.2, 0) is 6.42 Å². The van der Waals surface area contributed by atoms with Crippen LogP contribution in [0.4, 0.5) is 5.69 Å². The molecule has 0 heterocycles. The quantitative estimate of drug-likeness (QED) is 0.266. The van der Waals surface area contributed by atoms with Gasteiger partial charge in [-0.1, -0.05) is 12.1 Å². The summed E-state index contributed by atoms with van der Waals surface area (Å²) in [5.41, 5.74) is 1.27. The van der Waals surface area contributed by atoms with Crippen LogP contribution in [0.2, 0.25) is 0 Å². The van der Waals surface area contributed by atoms with E-state index in [2.05, 4.69) is 29.5 Å². The van der Waals surface area contributed by atoms with Crippen molar-refractivity contribution < 1.29 is 4.92 Å². The molecule has 0 atom stereocenters. The highest BCUT2D eigenvalue weighted by atomic mass is 16.6. The number of guanidine groups is 1. The van der Waals surface area contributed by atoms with Crippen LogP contribution in [0.5, 0.6) is 0 Å². The second-order valence-electron chi connectivity index (χ2n) is 5.18. The highest BCUT2D eigenvalue weighted by Crippen LogP contribution is 2.13. The number of unbranched alkanes of at least 4 members (excludes halogenated alkanes) is 1. The maximum Gasteiger partial charge on any atom is 0.269 e. The zero-order chi connectivity index (χ0) is 15.7. The van der Waals surface area contributed by atoms with Crippen molar-refractivity contribution in [2.24, 2.45) is 4.99 Å². The fourth-order valence-corrected chi connectivity index (χ4v) is 1.91. The van der Waals surface area contributed by atoms with Crippen LogP contribution in [0.25, 0.3) is 0 Å². The average molecular weight is 292 g/mol. The summed E-state index contributed by atoms with van der Waals surface area (Å²) in [6, 6.07) is 7.12. The van der Waals surface area contributed by atoms with Crippen molar-refractivity contribution in [3.8, 4) is 0 Å². The third kappa shape index (κ3) is 6.74. The van der Waals surface area contributed by atoms with Crippen LogP contribution in [-0.4, -0.2) is 30.5 Å². The fourth-order valence-electron chi connectivity index (χ4n) is 1.91. The molecule has 0 amide bonds. The first-order valence-corrected chi connectivity index (χ1v) is 7.23. The number of nitrogens with zero attached hydrogens (tertiary/aromatic N) is 2. The lowest BCUT2D eigenvalue weighted by Crippen LogP contribution is -2.41. The Morgan fingerprint density at radius 2 is 1.95 bits per heavy atom. The molecule has 1 aromatic carbocycles. The van der Waals surface area contributed by atoms with Gasteiger partial charge in [0, 0.05) is 31.8 Å².